The van der Waals surface area contributed by atoms with Crippen LogP contribution in [0.4, 0.5) is 0 Å². The third-order valence-electron chi connectivity index (χ3n) is 5.02. The molecule has 0 atom stereocenters. The Balaban J connectivity index is 1.82. The highest BCUT2D eigenvalue weighted by Crippen LogP contribution is 2.36. The SMILES string of the molecule is Cc1c(CNC2CC2)ccnc1OCCO[Si](C)(C)C(C)(C)C. The van der Waals surface area contributed by atoms with E-state index in [4.69, 9.17) is 9.16 Å². The number of rotatable bonds is 8. The third-order valence-corrected chi connectivity index (χ3v) is 9.56. The van der Waals surface area contributed by atoms with Gasteiger partial charge in [0, 0.05) is 24.3 Å². The molecule has 2 rings (SSSR count). The second-order valence-electron chi connectivity index (χ2n) is 8.01. The van der Waals surface area contributed by atoms with Crippen LogP contribution in [0.25, 0.3) is 0 Å². The van der Waals surface area contributed by atoms with Gasteiger partial charge < -0.3 is 14.5 Å². The maximum atomic E-state index is 6.15. The summed E-state index contributed by atoms with van der Waals surface area (Å²) in [4.78, 5) is 4.37. The second kappa shape index (κ2) is 7.32. The molecule has 0 aromatic carbocycles. The van der Waals surface area contributed by atoms with E-state index in [0.29, 0.717) is 19.3 Å². The summed E-state index contributed by atoms with van der Waals surface area (Å²) >= 11 is 0. The van der Waals surface area contributed by atoms with Gasteiger partial charge in [-0.05, 0) is 49.5 Å². The average Bonchev–Trinajstić information content (AvgIpc) is 3.26. The highest BCUT2D eigenvalue weighted by atomic mass is 28.4. The Hall–Kier alpha value is -0.913. The predicted molar refractivity (Wildman–Crippen MR) is 97.5 cm³/mol. The minimum Gasteiger partial charge on any atom is -0.475 e. The van der Waals surface area contributed by atoms with Crippen molar-refractivity contribution in [3.05, 3.63) is 23.4 Å². The Morgan fingerprint density at radius 3 is 2.57 bits per heavy atom. The number of hydrogen-bond acceptors (Lipinski definition) is 4. The van der Waals surface area contributed by atoms with Crippen LogP contribution in [0, 0.1) is 6.92 Å². The fraction of sp³-hybridized carbons (Fsp3) is 0.722. The quantitative estimate of drug-likeness (QED) is 0.575. The van der Waals surface area contributed by atoms with Gasteiger partial charge in [-0.3, -0.25) is 0 Å². The van der Waals surface area contributed by atoms with Crippen molar-refractivity contribution in [3.63, 3.8) is 0 Å². The van der Waals surface area contributed by atoms with Crippen molar-refractivity contribution in [1.29, 1.82) is 0 Å². The molecule has 1 fully saturated rings. The van der Waals surface area contributed by atoms with Gasteiger partial charge in [0.15, 0.2) is 8.32 Å². The van der Waals surface area contributed by atoms with E-state index < -0.39 is 8.32 Å². The van der Waals surface area contributed by atoms with Crippen LogP contribution >= 0.6 is 0 Å². The first-order valence-electron chi connectivity index (χ1n) is 8.65. The lowest BCUT2D eigenvalue weighted by atomic mass is 10.1. The monoisotopic (exact) mass is 336 g/mol. The lowest BCUT2D eigenvalue weighted by molar-refractivity contribution is 0.198. The Morgan fingerprint density at radius 2 is 1.96 bits per heavy atom. The van der Waals surface area contributed by atoms with E-state index in [1.807, 2.05) is 6.20 Å². The molecule has 0 spiro atoms. The van der Waals surface area contributed by atoms with Crippen molar-refractivity contribution >= 4 is 8.32 Å². The molecular formula is C18H32N2O2Si. The molecule has 4 nitrogen and oxygen atoms in total. The first-order chi connectivity index (χ1) is 10.7. The van der Waals surface area contributed by atoms with E-state index >= 15 is 0 Å². The van der Waals surface area contributed by atoms with Gasteiger partial charge in [0.1, 0.15) is 6.61 Å². The van der Waals surface area contributed by atoms with E-state index in [2.05, 4.69) is 57.2 Å². The molecule has 1 aliphatic rings. The summed E-state index contributed by atoms with van der Waals surface area (Å²) < 4.78 is 12.0. The summed E-state index contributed by atoms with van der Waals surface area (Å²) in [5.74, 6) is 0.735. The Morgan fingerprint density at radius 1 is 1.26 bits per heavy atom. The maximum Gasteiger partial charge on any atom is 0.216 e. The van der Waals surface area contributed by atoms with E-state index in [9.17, 15) is 0 Å². The van der Waals surface area contributed by atoms with Crippen molar-refractivity contribution in [2.75, 3.05) is 13.2 Å². The molecule has 130 valence electrons. The van der Waals surface area contributed by atoms with Crippen LogP contribution in [-0.4, -0.2) is 32.6 Å². The van der Waals surface area contributed by atoms with Crippen molar-refractivity contribution in [2.45, 2.75) is 71.3 Å². The van der Waals surface area contributed by atoms with Gasteiger partial charge in [-0.25, -0.2) is 4.98 Å². The molecule has 1 N–H and O–H groups in total. The molecule has 0 saturated heterocycles. The molecule has 23 heavy (non-hydrogen) atoms. The van der Waals surface area contributed by atoms with Crippen LogP contribution in [0.3, 0.4) is 0 Å². The fourth-order valence-corrected chi connectivity index (χ4v) is 3.11. The van der Waals surface area contributed by atoms with Crippen molar-refractivity contribution in [1.82, 2.24) is 10.3 Å². The molecule has 1 saturated carbocycles. The molecule has 0 bridgehead atoms. The van der Waals surface area contributed by atoms with E-state index in [-0.39, 0.29) is 5.04 Å². The number of nitrogens with one attached hydrogen (secondary N) is 1. The van der Waals surface area contributed by atoms with Crippen LogP contribution < -0.4 is 10.1 Å². The summed E-state index contributed by atoms with van der Waals surface area (Å²) in [6, 6.07) is 2.79. The molecule has 1 heterocycles. The molecule has 5 heteroatoms. The summed E-state index contributed by atoms with van der Waals surface area (Å²) in [6.07, 6.45) is 4.44. The molecule has 0 amide bonds. The van der Waals surface area contributed by atoms with Crippen LogP contribution in [0.1, 0.15) is 44.7 Å². The van der Waals surface area contributed by atoms with Crippen LogP contribution in [0.15, 0.2) is 12.3 Å². The lowest BCUT2D eigenvalue weighted by Gasteiger charge is -2.36. The summed E-state index contributed by atoms with van der Waals surface area (Å²) in [5, 5.41) is 3.77. The molecule has 0 unspecified atom stereocenters. The van der Waals surface area contributed by atoms with Crippen LogP contribution in [0.5, 0.6) is 5.88 Å². The Labute approximate surface area is 142 Å². The summed E-state index contributed by atoms with van der Waals surface area (Å²) in [6.45, 7) is 15.5. The van der Waals surface area contributed by atoms with Gasteiger partial charge in [0.2, 0.25) is 5.88 Å². The lowest BCUT2D eigenvalue weighted by Crippen LogP contribution is -2.41. The highest BCUT2D eigenvalue weighted by Gasteiger charge is 2.36. The first kappa shape index (κ1) is 18.4. The van der Waals surface area contributed by atoms with E-state index in [1.165, 1.54) is 18.4 Å². The normalized spacial score (nSPS) is 15.7. The van der Waals surface area contributed by atoms with Gasteiger partial charge in [-0.2, -0.15) is 0 Å². The van der Waals surface area contributed by atoms with Crippen LogP contribution in [0.2, 0.25) is 18.1 Å². The predicted octanol–water partition coefficient (Wildman–Crippen LogP) is 4.04. The summed E-state index contributed by atoms with van der Waals surface area (Å²) in [7, 11) is -1.70. The second-order valence-corrected chi connectivity index (χ2v) is 12.8. The molecule has 0 radical (unpaired) electrons. The maximum absolute atomic E-state index is 6.15. The largest absolute Gasteiger partial charge is 0.475 e. The zero-order chi connectivity index (χ0) is 17.1. The zero-order valence-corrected chi connectivity index (χ0v) is 16.5. The number of ether oxygens (including phenoxy) is 1. The van der Waals surface area contributed by atoms with Gasteiger partial charge in [0.25, 0.3) is 0 Å². The van der Waals surface area contributed by atoms with Gasteiger partial charge in [0.05, 0.1) is 6.61 Å². The number of pyridine rings is 1. The minimum atomic E-state index is -1.70. The molecule has 1 aromatic rings. The minimum absolute atomic E-state index is 0.232. The standard InChI is InChI=1S/C18H32N2O2Si/c1-14-15(13-20-16-7-8-16)9-10-19-17(14)21-11-12-22-23(5,6)18(2,3)4/h9-10,16,20H,7-8,11-13H2,1-6H3. The van der Waals surface area contributed by atoms with Crippen molar-refractivity contribution in [2.24, 2.45) is 0 Å². The number of nitrogens with zero attached hydrogens (tertiary/aromatic N) is 1. The van der Waals surface area contributed by atoms with E-state index in [1.54, 1.807) is 0 Å². The highest BCUT2D eigenvalue weighted by molar-refractivity contribution is 6.74. The van der Waals surface area contributed by atoms with E-state index in [0.717, 1.165) is 18.0 Å². The van der Waals surface area contributed by atoms with Crippen LogP contribution in [-0.2, 0) is 11.0 Å². The summed E-state index contributed by atoms with van der Waals surface area (Å²) in [5.41, 5.74) is 2.40. The smallest absolute Gasteiger partial charge is 0.216 e. The molecule has 1 aromatic heterocycles. The zero-order valence-electron chi connectivity index (χ0n) is 15.5. The first-order valence-corrected chi connectivity index (χ1v) is 11.6. The fourth-order valence-electron chi connectivity index (χ4n) is 2.08. The van der Waals surface area contributed by atoms with Crippen molar-refractivity contribution < 1.29 is 9.16 Å². The molecule has 1 aliphatic carbocycles. The number of hydrogen-bond donors (Lipinski definition) is 1. The molecule has 0 aliphatic heterocycles. The average molecular weight is 337 g/mol. The van der Waals surface area contributed by atoms with Gasteiger partial charge >= 0.3 is 0 Å². The third kappa shape index (κ3) is 5.30. The Kier molecular flexibility index (Phi) is 5.87. The van der Waals surface area contributed by atoms with Gasteiger partial charge in [-0.15, -0.1) is 0 Å². The topological polar surface area (TPSA) is 43.4 Å². The number of aromatic nitrogens is 1. The van der Waals surface area contributed by atoms with Gasteiger partial charge in [-0.1, -0.05) is 20.8 Å². The van der Waals surface area contributed by atoms with Crippen molar-refractivity contribution in [3.8, 4) is 5.88 Å². The Bertz CT molecular complexity index is 522. The molecular weight excluding hydrogens is 304 g/mol.